The molecule has 1 aliphatic heterocycles. The Hall–Kier alpha value is -8.14. The molecule has 0 amide bonds. The lowest BCUT2D eigenvalue weighted by atomic mass is 9.88. The van der Waals surface area contributed by atoms with E-state index in [0.717, 1.165) is 85.4 Å². The summed E-state index contributed by atoms with van der Waals surface area (Å²) in [4.78, 5) is 44.7. The fraction of sp³-hybridized carbons (Fsp3) is 0.516. The molecular weight excluding hydrogens is 1100 g/mol. The number of pyridine rings is 2. The molecule has 21 nitrogen and oxygen atoms in total. The SMILES string of the molecule is CC(C)n1cc(-c2cc(O[C@H](C)[C@H]3CCC(=O)C3)c3c(F)n(C)nc3c2)cn1.Cc1c2c(O[C@H](C)[C@H]3CC(=O)CO3)nc(-c3cnn(C(C)(C)C)c3)cc2nn1C.Cc1c2c(O[C@H](C)[C@H]3CCC(=O)C3)nc(-c3cn[nH]c3C(C)(C)C)cc2nn1C. The van der Waals surface area contributed by atoms with Crippen LogP contribution in [0.3, 0.4) is 0 Å². The summed E-state index contributed by atoms with van der Waals surface area (Å²) in [6.07, 6.45) is 13.0. The second-order valence-corrected chi connectivity index (χ2v) is 25.8. The van der Waals surface area contributed by atoms with Gasteiger partial charge in [0.15, 0.2) is 5.78 Å². The van der Waals surface area contributed by atoms with Crippen LogP contribution in [-0.2, 0) is 51.2 Å². The number of rotatable bonds is 13. The minimum Gasteiger partial charge on any atom is -0.490 e. The van der Waals surface area contributed by atoms with Crippen LogP contribution >= 0.6 is 0 Å². The highest BCUT2D eigenvalue weighted by Crippen LogP contribution is 2.40. The van der Waals surface area contributed by atoms with Crippen LogP contribution in [0.1, 0.15) is 144 Å². The first kappa shape index (κ1) is 61.0. The lowest BCUT2D eigenvalue weighted by molar-refractivity contribution is -0.118. The van der Waals surface area contributed by atoms with Crippen LogP contribution in [0.2, 0.25) is 0 Å². The van der Waals surface area contributed by atoms with Crippen molar-refractivity contribution in [3.05, 3.63) is 78.3 Å². The zero-order valence-corrected chi connectivity index (χ0v) is 52.4. The van der Waals surface area contributed by atoms with E-state index >= 15 is 0 Å². The number of benzene rings is 1. The van der Waals surface area contributed by atoms with Gasteiger partial charge < -0.3 is 18.9 Å². The molecule has 456 valence electrons. The van der Waals surface area contributed by atoms with Crippen LogP contribution in [0, 0.1) is 31.6 Å². The molecule has 8 aromatic heterocycles. The average Bonchev–Trinajstić information content (AvgIpc) is 1.95. The first-order valence-corrected chi connectivity index (χ1v) is 29.8. The van der Waals surface area contributed by atoms with Gasteiger partial charge in [-0.05, 0) is 112 Å². The normalized spacial score (nSPS) is 18.5. The fourth-order valence-corrected chi connectivity index (χ4v) is 11.4. The Labute approximate surface area is 500 Å². The number of hydrogen-bond acceptors (Lipinski definition) is 15. The van der Waals surface area contributed by atoms with E-state index in [1.165, 1.54) is 4.68 Å². The molecule has 2 aliphatic carbocycles. The quantitative estimate of drug-likeness (QED) is 0.113. The predicted molar refractivity (Wildman–Crippen MR) is 326 cm³/mol. The Morgan fingerprint density at radius 3 is 1.72 bits per heavy atom. The number of H-pyrrole nitrogens is 1. The number of nitrogens with zero attached hydrogens (tertiary/aromatic N) is 13. The molecule has 3 aliphatic rings. The number of nitrogens with one attached hydrogen (secondary N) is 1. The topological polar surface area (TPSA) is 232 Å². The Kier molecular flexibility index (Phi) is 17.0. The smallest absolute Gasteiger partial charge is 0.225 e. The lowest BCUT2D eigenvalue weighted by Gasteiger charge is -2.21. The van der Waals surface area contributed by atoms with Gasteiger partial charge in [0.1, 0.15) is 53.3 Å². The van der Waals surface area contributed by atoms with Gasteiger partial charge in [0, 0.05) is 123 Å². The van der Waals surface area contributed by atoms with Crippen molar-refractivity contribution >= 4 is 50.1 Å². The third kappa shape index (κ3) is 12.7. The first-order valence-electron chi connectivity index (χ1n) is 29.8. The molecule has 0 spiro atoms. The van der Waals surface area contributed by atoms with Crippen molar-refractivity contribution < 1.29 is 37.7 Å². The van der Waals surface area contributed by atoms with Crippen molar-refractivity contribution in [2.45, 2.75) is 176 Å². The Balaban J connectivity index is 0.000000143. The minimum atomic E-state index is -0.427. The summed E-state index contributed by atoms with van der Waals surface area (Å²) >= 11 is 0. The molecule has 6 atom stereocenters. The number of halogens is 1. The zero-order chi connectivity index (χ0) is 61.8. The fourth-order valence-electron chi connectivity index (χ4n) is 11.4. The van der Waals surface area contributed by atoms with Crippen molar-refractivity contribution in [1.29, 1.82) is 0 Å². The highest BCUT2D eigenvalue weighted by molar-refractivity contribution is 5.92. The average molecular weight is 1180 g/mol. The molecule has 1 N–H and O–H groups in total. The number of carbonyl (C=O) groups excluding carboxylic acids is 3. The first-order chi connectivity index (χ1) is 40.6. The van der Waals surface area contributed by atoms with Crippen LogP contribution in [0.4, 0.5) is 4.39 Å². The van der Waals surface area contributed by atoms with Crippen molar-refractivity contribution in [2.24, 2.45) is 33.0 Å². The van der Waals surface area contributed by atoms with E-state index in [2.05, 4.69) is 91.1 Å². The predicted octanol–water partition coefficient (Wildman–Crippen LogP) is 11.4. The van der Waals surface area contributed by atoms with Gasteiger partial charge >= 0.3 is 0 Å². The van der Waals surface area contributed by atoms with Crippen LogP contribution in [0.15, 0.2) is 55.2 Å². The lowest BCUT2D eigenvalue weighted by Crippen LogP contribution is -2.28. The number of aryl methyl sites for hydroxylation is 5. The summed E-state index contributed by atoms with van der Waals surface area (Å²) in [6, 6.07) is 7.91. The van der Waals surface area contributed by atoms with E-state index < -0.39 is 5.95 Å². The number of aromatic amines is 1. The van der Waals surface area contributed by atoms with Crippen molar-refractivity contribution in [3.8, 4) is 51.2 Å². The number of ether oxygens (including phenoxy) is 4. The molecule has 0 bridgehead atoms. The summed E-state index contributed by atoms with van der Waals surface area (Å²) < 4.78 is 47.8. The third-order valence-electron chi connectivity index (χ3n) is 16.9. The third-order valence-corrected chi connectivity index (χ3v) is 16.9. The van der Waals surface area contributed by atoms with Crippen LogP contribution < -0.4 is 14.2 Å². The second kappa shape index (κ2) is 24.0. The number of fused-ring (bicyclic) bond motifs is 3. The van der Waals surface area contributed by atoms with E-state index in [-0.39, 0.29) is 71.4 Å². The second-order valence-electron chi connectivity index (χ2n) is 25.8. The maximum absolute atomic E-state index is 14.7. The Morgan fingerprint density at radius 1 is 0.628 bits per heavy atom. The molecule has 2 saturated carbocycles. The zero-order valence-electron chi connectivity index (χ0n) is 52.4. The summed E-state index contributed by atoms with van der Waals surface area (Å²) in [6.45, 7) is 26.9. The molecule has 22 heteroatoms. The molecular formula is C64H81FN14O7. The van der Waals surface area contributed by atoms with E-state index in [0.29, 0.717) is 66.3 Å². The molecule has 0 radical (unpaired) electrons. The number of ketones is 3. The van der Waals surface area contributed by atoms with Crippen LogP contribution in [0.25, 0.3) is 66.4 Å². The summed E-state index contributed by atoms with van der Waals surface area (Å²) in [5.74, 6) is 2.21. The molecule has 1 aromatic carbocycles. The van der Waals surface area contributed by atoms with Gasteiger partial charge in [0.05, 0.1) is 63.3 Å². The number of carbonyl (C=O) groups is 3. The minimum absolute atomic E-state index is 0.0848. The van der Waals surface area contributed by atoms with Gasteiger partial charge in [-0.1, -0.05) is 20.8 Å². The summed E-state index contributed by atoms with van der Waals surface area (Å²) in [5, 5.41) is 32.0. The van der Waals surface area contributed by atoms with Gasteiger partial charge in [-0.25, -0.2) is 14.6 Å². The van der Waals surface area contributed by atoms with E-state index in [1.54, 1.807) is 19.4 Å². The van der Waals surface area contributed by atoms with E-state index in [1.807, 2.05) is 110 Å². The standard InChI is InChI=1S/C22H29N5O2.C21H25FN4O2.C21H27N5O3/c1-12-19-18(26-27(12)6)10-17(16-11-23-25-20(16)22(3,4)5)24-21(19)29-13(2)14-7-8-15(28)9-14;1-12(2)26-11-16(10-23-26)15-8-18-20(21(22)25(4)24-18)19(9-15)28-13(3)14-5-6-17(27)7-14;1-12-19-17(24-25(12)6)8-16(14-9-22-26(10-14)21(3,4)5)23-20(19)29-13(2)18-7-15(27)11-28-18/h10-11,13-14H,7-9H2,1-6H3,(H,23,25);8-14H,5-7H2,1-4H3;8-10,13,18H,7,11H2,1-6H3/t2*13-,14+;13-,18-/m111/s1. The Bertz CT molecular complexity index is 4000. The molecule has 12 rings (SSSR count). The van der Waals surface area contributed by atoms with Gasteiger partial charge in [-0.15, -0.1) is 0 Å². The molecule has 3 fully saturated rings. The Morgan fingerprint density at radius 2 is 1.19 bits per heavy atom. The molecule has 86 heavy (non-hydrogen) atoms. The van der Waals surface area contributed by atoms with Gasteiger partial charge in [-0.3, -0.25) is 38.2 Å². The van der Waals surface area contributed by atoms with Gasteiger partial charge in [0.25, 0.3) is 0 Å². The number of aromatic nitrogens is 14. The van der Waals surface area contributed by atoms with Crippen molar-refractivity contribution in [3.63, 3.8) is 0 Å². The molecule has 1 saturated heterocycles. The van der Waals surface area contributed by atoms with Crippen LogP contribution in [-0.4, -0.2) is 117 Å². The summed E-state index contributed by atoms with van der Waals surface area (Å²) in [5.41, 5.74) is 10.2. The van der Waals surface area contributed by atoms with Crippen LogP contribution in [0.5, 0.6) is 17.5 Å². The molecule has 9 heterocycles. The van der Waals surface area contributed by atoms with E-state index in [9.17, 15) is 18.8 Å². The molecule has 9 aromatic rings. The number of hydrogen-bond donors (Lipinski definition) is 1. The van der Waals surface area contributed by atoms with Gasteiger partial charge in [-0.2, -0.15) is 35.0 Å². The number of Topliss-reactive ketones (excluding diaryl/α,β-unsaturated/α-hetero) is 3. The largest absolute Gasteiger partial charge is 0.490 e. The maximum atomic E-state index is 14.7. The highest BCUT2D eigenvalue weighted by Gasteiger charge is 2.34. The van der Waals surface area contributed by atoms with E-state index in [4.69, 9.17) is 28.9 Å². The monoisotopic (exact) mass is 1180 g/mol. The highest BCUT2D eigenvalue weighted by atomic mass is 19.1. The molecule has 0 unspecified atom stereocenters. The van der Waals surface area contributed by atoms with Crippen molar-refractivity contribution in [1.82, 2.24) is 69.1 Å². The maximum Gasteiger partial charge on any atom is 0.225 e. The van der Waals surface area contributed by atoms with Crippen molar-refractivity contribution in [2.75, 3.05) is 6.61 Å². The summed E-state index contributed by atoms with van der Waals surface area (Å²) in [7, 11) is 5.41. The van der Waals surface area contributed by atoms with Gasteiger partial charge in [0.2, 0.25) is 17.7 Å².